The zero-order valence-electron chi connectivity index (χ0n) is 8.34. The minimum atomic E-state index is -0.917. The molecule has 0 bridgehead atoms. The molecule has 2 rings (SSSR count). The fourth-order valence-corrected chi connectivity index (χ4v) is 1.86. The van der Waals surface area contributed by atoms with Gasteiger partial charge in [-0.1, -0.05) is 0 Å². The van der Waals surface area contributed by atoms with Crippen molar-refractivity contribution in [2.45, 2.75) is 25.8 Å². The van der Waals surface area contributed by atoms with Gasteiger partial charge in [-0.05, 0) is 25.5 Å². The minimum absolute atomic E-state index is 0.0338. The molecule has 2 nitrogen and oxygen atoms in total. The standard InChI is InChI=1S/C11H11F2NO/c1-7-2-5-11(15)14(7)8-3-4-9(12)10(13)6-8/h3-4,6-7H,2,5H2,1H3. The zero-order chi connectivity index (χ0) is 11.0. The van der Waals surface area contributed by atoms with E-state index in [1.54, 1.807) is 0 Å². The first-order valence-electron chi connectivity index (χ1n) is 4.86. The molecule has 1 aromatic rings. The van der Waals surface area contributed by atoms with Crippen LogP contribution >= 0.6 is 0 Å². The fourth-order valence-electron chi connectivity index (χ4n) is 1.86. The lowest BCUT2D eigenvalue weighted by Crippen LogP contribution is -2.30. The normalized spacial score (nSPS) is 21.1. The average Bonchev–Trinajstić information content (AvgIpc) is 2.52. The van der Waals surface area contributed by atoms with Crippen LogP contribution in [0.2, 0.25) is 0 Å². The molecular weight excluding hydrogens is 200 g/mol. The molecule has 0 spiro atoms. The van der Waals surface area contributed by atoms with E-state index in [0.717, 1.165) is 18.6 Å². The highest BCUT2D eigenvalue weighted by atomic mass is 19.2. The summed E-state index contributed by atoms with van der Waals surface area (Å²) in [4.78, 5) is 13.0. The number of hydrogen-bond donors (Lipinski definition) is 0. The molecule has 0 saturated carbocycles. The quantitative estimate of drug-likeness (QED) is 0.698. The van der Waals surface area contributed by atoms with E-state index in [1.807, 2.05) is 6.92 Å². The molecule has 1 aliphatic heterocycles. The lowest BCUT2D eigenvalue weighted by molar-refractivity contribution is -0.117. The van der Waals surface area contributed by atoms with E-state index in [1.165, 1.54) is 11.0 Å². The van der Waals surface area contributed by atoms with Crippen LogP contribution in [0, 0.1) is 11.6 Å². The van der Waals surface area contributed by atoms with Gasteiger partial charge in [0.1, 0.15) is 0 Å². The van der Waals surface area contributed by atoms with E-state index < -0.39 is 11.6 Å². The number of hydrogen-bond acceptors (Lipinski definition) is 1. The van der Waals surface area contributed by atoms with Crippen LogP contribution < -0.4 is 4.90 Å². The van der Waals surface area contributed by atoms with Crippen LogP contribution in [0.5, 0.6) is 0 Å². The van der Waals surface area contributed by atoms with Crippen molar-refractivity contribution in [3.63, 3.8) is 0 Å². The van der Waals surface area contributed by atoms with E-state index in [0.29, 0.717) is 12.1 Å². The number of carbonyl (C=O) groups is 1. The highest BCUT2D eigenvalue weighted by Gasteiger charge is 2.29. The Morgan fingerprint density at radius 2 is 2.07 bits per heavy atom. The number of nitrogens with zero attached hydrogens (tertiary/aromatic N) is 1. The van der Waals surface area contributed by atoms with Crippen molar-refractivity contribution in [1.82, 2.24) is 0 Å². The first kappa shape index (κ1) is 10.1. The average molecular weight is 211 g/mol. The Kier molecular flexibility index (Phi) is 2.42. The molecule has 1 saturated heterocycles. The molecule has 1 fully saturated rings. The van der Waals surface area contributed by atoms with Crippen LogP contribution in [0.15, 0.2) is 18.2 Å². The Bertz CT molecular complexity index is 406. The second-order valence-corrected chi connectivity index (χ2v) is 3.75. The Labute approximate surface area is 86.5 Å². The van der Waals surface area contributed by atoms with Gasteiger partial charge in [-0.25, -0.2) is 8.78 Å². The maximum atomic E-state index is 13.0. The Balaban J connectivity index is 2.36. The Morgan fingerprint density at radius 3 is 2.60 bits per heavy atom. The van der Waals surface area contributed by atoms with Gasteiger partial charge in [0.25, 0.3) is 0 Å². The number of halogens is 2. The number of anilines is 1. The van der Waals surface area contributed by atoms with Crippen molar-refractivity contribution in [1.29, 1.82) is 0 Å². The first-order chi connectivity index (χ1) is 7.09. The summed E-state index contributed by atoms with van der Waals surface area (Å²) >= 11 is 0. The van der Waals surface area contributed by atoms with Crippen LogP contribution in [0.25, 0.3) is 0 Å². The second kappa shape index (κ2) is 3.61. The van der Waals surface area contributed by atoms with Crippen molar-refractivity contribution in [3.8, 4) is 0 Å². The summed E-state index contributed by atoms with van der Waals surface area (Å²) in [6.07, 6.45) is 1.23. The Morgan fingerprint density at radius 1 is 1.33 bits per heavy atom. The Hall–Kier alpha value is -1.45. The third-order valence-corrected chi connectivity index (χ3v) is 2.67. The van der Waals surface area contributed by atoms with Gasteiger partial charge < -0.3 is 4.90 Å². The summed E-state index contributed by atoms with van der Waals surface area (Å²) in [6, 6.07) is 3.60. The molecule has 1 aliphatic rings. The topological polar surface area (TPSA) is 20.3 Å². The van der Waals surface area contributed by atoms with Gasteiger partial charge in [-0.2, -0.15) is 0 Å². The molecule has 1 atom stereocenters. The summed E-state index contributed by atoms with van der Waals surface area (Å²) in [5.74, 6) is -1.84. The molecule has 1 aromatic carbocycles. The van der Waals surface area contributed by atoms with Crippen molar-refractivity contribution < 1.29 is 13.6 Å². The predicted octanol–water partition coefficient (Wildman–Crippen LogP) is 2.48. The van der Waals surface area contributed by atoms with Crippen LogP contribution in [0.3, 0.4) is 0 Å². The summed E-state index contributed by atoms with van der Waals surface area (Å²) in [7, 11) is 0. The molecule has 1 unspecified atom stereocenters. The maximum absolute atomic E-state index is 13.0. The molecule has 0 N–H and O–H groups in total. The van der Waals surface area contributed by atoms with Crippen LogP contribution in [-0.2, 0) is 4.79 Å². The van der Waals surface area contributed by atoms with Gasteiger partial charge in [0.05, 0.1) is 0 Å². The molecule has 0 aromatic heterocycles. The van der Waals surface area contributed by atoms with Crippen molar-refractivity contribution in [3.05, 3.63) is 29.8 Å². The number of amides is 1. The number of carbonyl (C=O) groups excluding carboxylic acids is 1. The van der Waals surface area contributed by atoms with Crippen LogP contribution in [0.4, 0.5) is 14.5 Å². The van der Waals surface area contributed by atoms with Gasteiger partial charge >= 0.3 is 0 Å². The lowest BCUT2D eigenvalue weighted by Gasteiger charge is -2.21. The van der Waals surface area contributed by atoms with Crippen molar-refractivity contribution in [2.24, 2.45) is 0 Å². The number of rotatable bonds is 1. The molecule has 15 heavy (non-hydrogen) atoms. The molecule has 80 valence electrons. The van der Waals surface area contributed by atoms with E-state index in [-0.39, 0.29) is 11.9 Å². The van der Waals surface area contributed by atoms with Gasteiger partial charge in [-0.15, -0.1) is 0 Å². The monoisotopic (exact) mass is 211 g/mol. The summed E-state index contributed by atoms with van der Waals surface area (Å²) < 4.78 is 25.7. The van der Waals surface area contributed by atoms with E-state index in [9.17, 15) is 13.6 Å². The van der Waals surface area contributed by atoms with Crippen LogP contribution in [0.1, 0.15) is 19.8 Å². The van der Waals surface area contributed by atoms with Gasteiger partial charge in [-0.3, -0.25) is 4.79 Å². The number of benzene rings is 1. The largest absolute Gasteiger partial charge is 0.310 e. The van der Waals surface area contributed by atoms with Gasteiger partial charge in [0, 0.05) is 24.2 Å². The smallest absolute Gasteiger partial charge is 0.227 e. The third kappa shape index (κ3) is 1.71. The van der Waals surface area contributed by atoms with Crippen LogP contribution in [-0.4, -0.2) is 11.9 Å². The predicted molar refractivity (Wildman–Crippen MR) is 52.5 cm³/mol. The second-order valence-electron chi connectivity index (χ2n) is 3.75. The van der Waals surface area contributed by atoms with Gasteiger partial charge in [0.15, 0.2) is 11.6 Å². The molecule has 1 amide bonds. The summed E-state index contributed by atoms with van der Waals surface area (Å²) in [5.41, 5.74) is 0.434. The van der Waals surface area contributed by atoms with Gasteiger partial charge in [0.2, 0.25) is 5.91 Å². The molecule has 0 radical (unpaired) electrons. The molecule has 0 aliphatic carbocycles. The van der Waals surface area contributed by atoms with E-state index >= 15 is 0 Å². The fraction of sp³-hybridized carbons (Fsp3) is 0.364. The van der Waals surface area contributed by atoms with E-state index in [4.69, 9.17) is 0 Å². The summed E-state index contributed by atoms with van der Waals surface area (Å²) in [5, 5.41) is 0. The highest BCUT2D eigenvalue weighted by Crippen LogP contribution is 2.27. The van der Waals surface area contributed by atoms with Crippen molar-refractivity contribution in [2.75, 3.05) is 4.90 Å². The highest BCUT2D eigenvalue weighted by molar-refractivity contribution is 5.96. The maximum Gasteiger partial charge on any atom is 0.227 e. The SMILES string of the molecule is CC1CCC(=O)N1c1ccc(F)c(F)c1. The molecule has 4 heteroatoms. The minimum Gasteiger partial charge on any atom is -0.310 e. The van der Waals surface area contributed by atoms with Crippen molar-refractivity contribution >= 4 is 11.6 Å². The molecule has 1 heterocycles. The first-order valence-corrected chi connectivity index (χ1v) is 4.86. The summed E-state index contributed by atoms with van der Waals surface area (Å²) in [6.45, 7) is 1.90. The third-order valence-electron chi connectivity index (χ3n) is 2.67. The van der Waals surface area contributed by atoms with E-state index in [2.05, 4.69) is 0 Å². The zero-order valence-corrected chi connectivity index (χ0v) is 8.34. The molecular formula is C11H11F2NO. The lowest BCUT2D eigenvalue weighted by atomic mass is 10.2.